The minimum absolute atomic E-state index is 1.06. The van der Waals surface area contributed by atoms with Crippen molar-refractivity contribution < 1.29 is 0 Å². The Labute approximate surface area is 93.4 Å². The Hall–Kier alpha value is -1.24. The van der Waals surface area contributed by atoms with Gasteiger partial charge in [0.2, 0.25) is 0 Å². The fourth-order valence-corrected chi connectivity index (χ4v) is 1.67. The van der Waals surface area contributed by atoms with Crippen LogP contribution in [0.2, 0.25) is 0 Å². The van der Waals surface area contributed by atoms with Crippen LogP contribution in [0.25, 0.3) is 0 Å². The van der Waals surface area contributed by atoms with Crippen molar-refractivity contribution in [2.45, 2.75) is 33.6 Å². The molecule has 0 saturated carbocycles. The molecule has 0 atom stereocenters. The standard InChI is InChI=1S/C14H21N/c1-5-7-10-15(6-2)14-11-12(3)8-9-13(14)4/h6,8-9,11H,2,5,7,10H2,1,3-4H3. The van der Waals surface area contributed by atoms with E-state index in [1.807, 2.05) is 6.20 Å². The zero-order valence-electron chi connectivity index (χ0n) is 10.1. The molecule has 0 radical (unpaired) electrons. The highest BCUT2D eigenvalue weighted by molar-refractivity contribution is 5.56. The van der Waals surface area contributed by atoms with Crippen molar-refractivity contribution in [3.05, 3.63) is 42.1 Å². The van der Waals surface area contributed by atoms with Gasteiger partial charge in [0.25, 0.3) is 0 Å². The molecule has 0 fully saturated rings. The summed E-state index contributed by atoms with van der Waals surface area (Å²) in [5.74, 6) is 0. The molecule has 0 heterocycles. The number of nitrogens with zero attached hydrogens (tertiary/aromatic N) is 1. The Balaban J connectivity index is 2.90. The number of rotatable bonds is 5. The second-order valence-corrected chi connectivity index (χ2v) is 4.02. The van der Waals surface area contributed by atoms with Crippen LogP contribution >= 0.6 is 0 Å². The lowest BCUT2D eigenvalue weighted by Gasteiger charge is -2.22. The first kappa shape index (κ1) is 11.8. The van der Waals surface area contributed by atoms with Gasteiger partial charge in [-0.2, -0.15) is 0 Å². The van der Waals surface area contributed by atoms with Gasteiger partial charge in [-0.25, -0.2) is 0 Å². The molecule has 0 saturated heterocycles. The lowest BCUT2D eigenvalue weighted by molar-refractivity contribution is 0.781. The molecule has 15 heavy (non-hydrogen) atoms. The molecule has 1 rings (SSSR count). The molecule has 1 heteroatoms. The van der Waals surface area contributed by atoms with Gasteiger partial charge in [0, 0.05) is 12.2 Å². The maximum absolute atomic E-state index is 3.89. The maximum atomic E-state index is 3.89. The molecule has 0 bridgehead atoms. The number of hydrogen-bond acceptors (Lipinski definition) is 1. The monoisotopic (exact) mass is 203 g/mol. The number of hydrogen-bond donors (Lipinski definition) is 0. The minimum Gasteiger partial charge on any atom is -0.348 e. The average molecular weight is 203 g/mol. The Bertz CT molecular complexity index is 328. The molecule has 1 aromatic carbocycles. The predicted molar refractivity (Wildman–Crippen MR) is 68.4 cm³/mol. The van der Waals surface area contributed by atoms with Crippen molar-refractivity contribution in [1.29, 1.82) is 0 Å². The van der Waals surface area contributed by atoms with Crippen molar-refractivity contribution in [2.75, 3.05) is 11.4 Å². The van der Waals surface area contributed by atoms with Crippen LogP contribution in [0.1, 0.15) is 30.9 Å². The Morgan fingerprint density at radius 3 is 2.67 bits per heavy atom. The van der Waals surface area contributed by atoms with Crippen LogP contribution in [-0.4, -0.2) is 6.54 Å². The molecule has 0 aliphatic carbocycles. The molecule has 1 nitrogen and oxygen atoms in total. The van der Waals surface area contributed by atoms with Crippen LogP contribution in [0.5, 0.6) is 0 Å². The van der Waals surface area contributed by atoms with E-state index in [0.29, 0.717) is 0 Å². The van der Waals surface area contributed by atoms with Gasteiger partial charge in [0.15, 0.2) is 0 Å². The quantitative estimate of drug-likeness (QED) is 0.697. The maximum Gasteiger partial charge on any atom is 0.0438 e. The third-order valence-corrected chi connectivity index (χ3v) is 2.65. The fraction of sp³-hybridized carbons (Fsp3) is 0.429. The molecule has 1 aromatic rings. The molecule has 0 aliphatic heterocycles. The smallest absolute Gasteiger partial charge is 0.0438 e. The molecule has 0 N–H and O–H groups in total. The summed E-state index contributed by atoms with van der Waals surface area (Å²) < 4.78 is 0. The lowest BCUT2D eigenvalue weighted by Crippen LogP contribution is -2.17. The van der Waals surface area contributed by atoms with E-state index in [1.54, 1.807) is 0 Å². The first-order chi connectivity index (χ1) is 7.19. The number of unbranched alkanes of at least 4 members (excludes halogenated alkanes) is 1. The molecule has 0 unspecified atom stereocenters. The Morgan fingerprint density at radius 2 is 2.07 bits per heavy atom. The Morgan fingerprint density at radius 1 is 1.33 bits per heavy atom. The first-order valence-electron chi connectivity index (χ1n) is 5.65. The van der Waals surface area contributed by atoms with E-state index < -0.39 is 0 Å². The van der Waals surface area contributed by atoms with Crippen LogP contribution in [0.4, 0.5) is 5.69 Å². The molecule has 82 valence electrons. The van der Waals surface area contributed by atoms with Crippen molar-refractivity contribution >= 4 is 5.69 Å². The molecule has 0 aliphatic rings. The topological polar surface area (TPSA) is 3.24 Å². The van der Waals surface area contributed by atoms with Gasteiger partial charge >= 0.3 is 0 Å². The highest BCUT2D eigenvalue weighted by atomic mass is 15.1. The van der Waals surface area contributed by atoms with Gasteiger partial charge in [-0.05, 0) is 43.7 Å². The minimum atomic E-state index is 1.06. The average Bonchev–Trinajstić information content (AvgIpc) is 2.24. The summed E-state index contributed by atoms with van der Waals surface area (Å²) >= 11 is 0. The highest BCUT2D eigenvalue weighted by Crippen LogP contribution is 2.22. The van der Waals surface area contributed by atoms with Crippen LogP contribution < -0.4 is 4.90 Å². The van der Waals surface area contributed by atoms with Gasteiger partial charge in [-0.1, -0.05) is 32.1 Å². The normalized spacial score (nSPS) is 10.1. The van der Waals surface area contributed by atoms with Crippen molar-refractivity contribution in [3.63, 3.8) is 0 Å². The summed E-state index contributed by atoms with van der Waals surface area (Å²) in [5.41, 5.74) is 3.91. The van der Waals surface area contributed by atoms with E-state index in [4.69, 9.17) is 0 Å². The van der Waals surface area contributed by atoms with Crippen molar-refractivity contribution in [1.82, 2.24) is 0 Å². The van der Waals surface area contributed by atoms with Crippen LogP contribution in [0.3, 0.4) is 0 Å². The Kier molecular flexibility index (Phi) is 4.41. The van der Waals surface area contributed by atoms with Gasteiger partial charge < -0.3 is 4.90 Å². The zero-order chi connectivity index (χ0) is 11.3. The van der Waals surface area contributed by atoms with Gasteiger partial charge in [-0.15, -0.1) is 0 Å². The van der Waals surface area contributed by atoms with Gasteiger partial charge in [0.05, 0.1) is 0 Å². The summed E-state index contributed by atoms with van der Waals surface area (Å²) in [7, 11) is 0. The number of benzene rings is 1. The van der Waals surface area contributed by atoms with Crippen LogP contribution in [-0.2, 0) is 0 Å². The summed E-state index contributed by atoms with van der Waals surface area (Å²) in [6, 6.07) is 6.56. The lowest BCUT2D eigenvalue weighted by atomic mass is 10.1. The van der Waals surface area contributed by atoms with E-state index in [9.17, 15) is 0 Å². The van der Waals surface area contributed by atoms with Gasteiger partial charge in [-0.3, -0.25) is 0 Å². The van der Waals surface area contributed by atoms with Crippen molar-refractivity contribution in [2.24, 2.45) is 0 Å². The van der Waals surface area contributed by atoms with Crippen LogP contribution in [0.15, 0.2) is 31.0 Å². The van der Waals surface area contributed by atoms with Crippen molar-refractivity contribution in [3.8, 4) is 0 Å². The van der Waals surface area contributed by atoms with E-state index in [1.165, 1.54) is 29.7 Å². The third kappa shape index (κ3) is 3.12. The third-order valence-electron chi connectivity index (χ3n) is 2.65. The summed E-state index contributed by atoms with van der Waals surface area (Å²) in [4.78, 5) is 2.24. The summed E-state index contributed by atoms with van der Waals surface area (Å²) in [6.07, 6.45) is 4.35. The van der Waals surface area contributed by atoms with E-state index in [2.05, 4.69) is 50.4 Å². The number of anilines is 1. The second-order valence-electron chi connectivity index (χ2n) is 4.02. The van der Waals surface area contributed by atoms with Gasteiger partial charge in [0.1, 0.15) is 0 Å². The first-order valence-corrected chi connectivity index (χ1v) is 5.65. The second kappa shape index (κ2) is 5.59. The highest BCUT2D eigenvalue weighted by Gasteiger charge is 2.05. The fourth-order valence-electron chi connectivity index (χ4n) is 1.67. The SMILES string of the molecule is C=CN(CCCC)c1cc(C)ccc1C. The largest absolute Gasteiger partial charge is 0.348 e. The van der Waals surface area contributed by atoms with Crippen LogP contribution in [0, 0.1) is 13.8 Å². The molecular weight excluding hydrogens is 182 g/mol. The van der Waals surface area contributed by atoms with E-state index in [0.717, 1.165) is 6.54 Å². The van der Waals surface area contributed by atoms with E-state index in [-0.39, 0.29) is 0 Å². The summed E-state index contributed by atoms with van der Waals surface area (Å²) in [6.45, 7) is 11.4. The number of aryl methyl sites for hydroxylation is 2. The molecule has 0 aromatic heterocycles. The van der Waals surface area contributed by atoms with E-state index >= 15 is 0 Å². The molecule has 0 spiro atoms. The summed E-state index contributed by atoms with van der Waals surface area (Å²) in [5, 5.41) is 0. The zero-order valence-corrected chi connectivity index (χ0v) is 10.1. The predicted octanol–water partition coefficient (Wildman–Crippen LogP) is 4.05. The molecular formula is C14H21N. The molecule has 0 amide bonds.